The zero-order valence-corrected chi connectivity index (χ0v) is 15.9. The van der Waals surface area contributed by atoms with Crippen molar-refractivity contribution in [2.24, 2.45) is 4.99 Å². The Labute approximate surface area is 145 Å². The Morgan fingerprint density at radius 3 is 2.52 bits per heavy atom. The fourth-order valence-electron chi connectivity index (χ4n) is 2.93. The molecule has 1 aliphatic rings. The largest absolute Gasteiger partial charge is 0.357 e. The van der Waals surface area contributed by atoms with Crippen LogP contribution in [0.2, 0.25) is 0 Å². The van der Waals surface area contributed by atoms with E-state index in [9.17, 15) is 0 Å². The lowest BCUT2D eigenvalue weighted by molar-refractivity contribution is 0.167. The van der Waals surface area contributed by atoms with Gasteiger partial charge in [0.05, 0.1) is 6.54 Å². The van der Waals surface area contributed by atoms with Gasteiger partial charge in [-0.1, -0.05) is 6.92 Å². The number of likely N-dealkylation sites (tertiary alicyclic amines) is 1. The van der Waals surface area contributed by atoms with Crippen LogP contribution in [0.1, 0.15) is 50.3 Å². The number of hydrogen-bond acceptors (Lipinski definition) is 3. The molecule has 0 radical (unpaired) electrons. The number of nitrogens with zero attached hydrogens (tertiary/aromatic N) is 2. The summed E-state index contributed by atoms with van der Waals surface area (Å²) in [6.45, 7) is 12.9. The number of aryl methyl sites for hydroxylation is 1. The van der Waals surface area contributed by atoms with Crippen LogP contribution in [0.15, 0.2) is 17.1 Å². The topological polar surface area (TPSA) is 39.7 Å². The minimum atomic E-state index is 0.539. The molecular weight excluding hydrogens is 304 g/mol. The van der Waals surface area contributed by atoms with Crippen molar-refractivity contribution in [3.05, 3.63) is 21.9 Å². The van der Waals surface area contributed by atoms with E-state index >= 15 is 0 Å². The van der Waals surface area contributed by atoms with Gasteiger partial charge in [0.2, 0.25) is 0 Å². The Morgan fingerprint density at radius 2 is 1.96 bits per heavy atom. The second-order valence-corrected chi connectivity index (χ2v) is 7.72. The number of rotatable bonds is 6. The molecule has 0 spiro atoms. The van der Waals surface area contributed by atoms with Crippen molar-refractivity contribution >= 4 is 17.3 Å². The van der Waals surface area contributed by atoms with Crippen molar-refractivity contribution in [1.82, 2.24) is 15.5 Å². The van der Waals surface area contributed by atoms with Gasteiger partial charge in [0.15, 0.2) is 5.96 Å². The molecule has 1 aromatic rings. The average Bonchev–Trinajstić information content (AvgIpc) is 3.01. The molecular formula is C18H32N4S. The van der Waals surface area contributed by atoms with Crippen LogP contribution in [0.3, 0.4) is 0 Å². The third-order valence-electron chi connectivity index (χ3n) is 4.40. The molecule has 0 aliphatic carbocycles. The van der Waals surface area contributed by atoms with Crippen LogP contribution >= 0.6 is 11.3 Å². The lowest BCUT2D eigenvalue weighted by Gasteiger charge is -2.35. The molecule has 2 rings (SSSR count). The lowest BCUT2D eigenvalue weighted by Crippen LogP contribution is -2.49. The van der Waals surface area contributed by atoms with E-state index < -0.39 is 0 Å². The Kier molecular flexibility index (Phi) is 7.37. The van der Waals surface area contributed by atoms with E-state index in [1.165, 1.54) is 35.7 Å². The van der Waals surface area contributed by atoms with Gasteiger partial charge in [0.1, 0.15) is 0 Å². The maximum Gasteiger partial charge on any atom is 0.191 e. The molecule has 0 aromatic carbocycles. The van der Waals surface area contributed by atoms with Crippen molar-refractivity contribution in [1.29, 1.82) is 0 Å². The number of hydrogen-bond donors (Lipinski definition) is 2. The molecule has 0 atom stereocenters. The van der Waals surface area contributed by atoms with Gasteiger partial charge in [0.25, 0.3) is 0 Å². The fraction of sp³-hybridized carbons (Fsp3) is 0.722. The number of piperidine rings is 1. The third-order valence-corrected chi connectivity index (χ3v) is 5.62. The van der Waals surface area contributed by atoms with E-state index in [4.69, 9.17) is 4.99 Å². The summed E-state index contributed by atoms with van der Waals surface area (Å²) in [5.74, 6) is 0.960. The van der Waals surface area contributed by atoms with Crippen molar-refractivity contribution < 1.29 is 0 Å². The highest BCUT2D eigenvalue weighted by Crippen LogP contribution is 2.18. The van der Waals surface area contributed by atoms with Gasteiger partial charge in [0, 0.05) is 41.5 Å². The fourth-order valence-corrected chi connectivity index (χ4v) is 3.81. The van der Waals surface area contributed by atoms with Crippen LogP contribution in [-0.4, -0.2) is 42.6 Å². The third kappa shape index (κ3) is 5.81. The molecule has 2 heterocycles. The standard InChI is InChI=1S/C18H32N4S/c1-5-16-7-8-17(23-16)13-20-18(19-6-2)21-15-9-11-22(12-10-15)14(3)4/h7-8,14-15H,5-6,9-13H2,1-4H3,(H2,19,20,21). The zero-order valence-electron chi connectivity index (χ0n) is 15.1. The van der Waals surface area contributed by atoms with Gasteiger partial charge < -0.3 is 15.5 Å². The van der Waals surface area contributed by atoms with Gasteiger partial charge >= 0.3 is 0 Å². The minimum Gasteiger partial charge on any atom is -0.357 e. The maximum atomic E-state index is 4.77. The van der Waals surface area contributed by atoms with Crippen LogP contribution in [0, 0.1) is 0 Å². The maximum absolute atomic E-state index is 4.77. The molecule has 4 nitrogen and oxygen atoms in total. The summed E-state index contributed by atoms with van der Waals surface area (Å²) >= 11 is 1.87. The Bertz CT molecular complexity index is 487. The molecule has 1 aromatic heterocycles. The molecule has 0 bridgehead atoms. The van der Waals surface area contributed by atoms with E-state index in [2.05, 4.69) is 55.4 Å². The molecule has 0 unspecified atom stereocenters. The molecule has 23 heavy (non-hydrogen) atoms. The second-order valence-electron chi connectivity index (χ2n) is 6.47. The van der Waals surface area contributed by atoms with Crippen LogP contribution in [0.4, 0.5) is 0 Å². The molecule has 0 amide bonds. The Hall–Kier alpha value is -1.07. The molecule has 2 N–H and O–H groups in total. The number of guanidine groups is 1. The van der Waals surface area contributed by atoms with Crippen LogP contribution in [-0.2, 0) is 13.0 Å². The first-order valence-corrected chi connectivity index (χ1v) is 9.80. The molecule has 1 fully saturated rings. The molecule has 1 saturated heterocycles. The smallest absolute Gasteiger partial charge is 0.191 e. The summed E-state index contributed by atoms with van der Waals surface area (Å²) in [6, 6.07) is 5.62. The summed E-state index contributed by atoms with van der Waals surface area (Å²) in [4.78, 5) is 10.1. The highest BCUT2D eigenvalue weighted by atomic mass is 32.1. The Balaban J connectivity index is 1.87. The zero-order chi connectivity index (χ0) is 16.7. The minimum absolute atomic E-state index is 0.539. The van der Waals surface area contributed by atoms with Gasteiger partial charge in [-0.2, -0.15) is 0 Å². The van der Waals surface area contributed by atoms with Gasteiger partial charge in [-0.3, -0.25) is 0 Å². The first-order valence-electron chi connectivity index (χ1n) is 8.98. The normalized spacial score (nSPS) is 17.7. The molecule has 130 valence electrons. The predicted octanol–water partition coefficient (Wildman–Crippen LogP) is 3.24. The highest BCUT2D eigenvalue weighted by Gasteiger charge is 2.21. The van der Waals surface area contributed by atoms with Crippen LogP contribution in [0.5, 0.6) is 0 Å². The number of aliphatic imine (C=N–C) groups is 1. The highest BCUT2D eigenvalue weighted by molar-refractivity contribution is 7.11. The van der Waals surface area contributed by atoms with Crippen molar-refractivity contribution in [2.75, 3.05) is 19.6 Å². The lowest BCUT2D eigenvalue weighted by atomic mass is 10.0. The predicted molar refractivity (Wildman–Crippen MR) is 101 cm³/mol. The van der Waals surface area contributed by atoms with E-state index in [-0.39, 0.29) is 0 Å². The van der Waals surface area contributed by atoms with Gasteiger partial charge in [-0.15, -0.1) is 11.3 Å². The average molecular weight is 337 g/mol. The quantitative estimate of drug-likeness (QED) is 0.619. The number of nitrogens with one attached hydrogen (secondary N) is 2. The summed E-state index contributed by atoms with van der Waals surface area (Å²) < 4.78 is 0. The van der Waals surface area contributed by atoms with Crippen molar-refractivity contribution in [3.63, 3.8) is 0 Å². The first-order chi connectivity index (χ1) is 11.1. The van der Waals surface area contributed by atoms with E-state index in [1.54, 1.807) is 0 Å². The monoisotopic (exact) mass is 336 g/mol. The summed E-state index contributed by atoms with van der Waals surface area (Å²) in [5, 5.41) is 7.01. The first kappa shape index (κ1) is 18.3. The van der Waals surface area contributed by atoms with Gasteiger partial charge in [-0.05, 0) is 52.2 Å². The van der Waals surface area contributed by atoms with E-state index in [0.29, 0.717) is 12.1 Å². The van der Waals surface area contributed by atoms with E-state index in [1.807, 2.05) is 11.3 Å². The van der Waals surface area contributed by atoms with Crippen molar-refractivity contribution in [3.8, 4) is 0 Å². The van der Waals surface area contributed by atoms with Crippen LogP contribution < -0.4 is 10.6 Å². The van der Waals surface area contributed by atoms with E-state index in [0.717, 1.165) is 25.5 Å². The summed E-state index contributed by atoms with van der Waals surface area (Å²) in [7, 11) is 0. The molecule has 1 aliphatic heterocycles. The SMILES string of the molecule is CCNC(=NCc1ccc(CC)s1)NC1CCN(C(C)C)CC1. The number of thiophene rings is 1. The molecule has 5 heteroatoms. The van der Waals surface area contributed by atoms with Gasteiger partial charge in [-0.25, -0.2) is 4.99 Å². The summed E-state index contributed by atoms with van der Waals surface area (Å²) in [5.41, 5.74) is 0. The van der Waals surface area contributed by atoms with Crippen molar-refractivity contribution in [2.45, 2.75) is 65.6 Å². The summed E-state index contributed by atoms with van der Waals surface area (Å²) in [6.07, 6.45) is 3.50. The van der Waals surface area contributed by atoms with Crippen LogP contribution in [0.25, 0.3) is 0 Å². The second kappa shape index (κ2) is 9.28. The Morgan fingerprint density at radius 1 is 1.26 bits per heavy atom. The molecule has 0 saturated carbocycles.